The lowest BCUT2D eigenvalue weighted by Gasteiger charge is -2.18. The second-order valence-corrected chi connectivity index (χ2v) is 7.01. The van der Waals surface area contributed by atoms with Crippen LogP contribution in [-0.2, 0) is 10.0 Å². The van der Waals surface area contributed by atoms with E-state index in [1.807, 2.05) is 38.1 Å². The third-order valence-corrected chi connectivity index (χ3v) is 5.99. The average Bonchev–Trinajstić information content (AvgIpc) is 2.32. The normalized spacial score (nSPS) is 11.9. The van der Waals surface area contributed by atoms with Crippen LogP contribution in [0.3, 0.4) is 0 Å². The van der Waals surface area contributed by atoms with E-state index < -0.39 is 10.0 Å². The summed E-state index contributed by atoms with van der Waals surface area (Å²) in [6.07, 6.45) is 0. The molecule has 0 aliphatic rings. The lowest BCUT2D eigenvalue weighted by molar-refractivity contribution is 0.446. The van der Waals surface area contributed by atoms with E-state index in [2.05, 4.69) is 0 Å². The van der Waals surface area contributed by atoms with Crippen LogP contribution in [0.2, 0.25) is 0 Å². The fraction of sp³-hybridized carbons (Fsp3) is 0.500. The van der Waals surface area contributed by atoms with Crippen molar-refractivity contribution in [2.24, 2.45) is 0 Å². The van der Waals surface area contributed by atoms with Gasteiger partial charge in [0.15, 0.2) is 0 Å². The van der Waals surface area contributed by atoms with Gasteiger partial charge in [0.1, 0.15) is 0 Å². The van der Waals surface area contributed by atoms with E-state index in [0.717, 1.165) is 4.90 Å². The van der Waals surface area contributed by atoms with Gasteiger partial charge < -0.3 is 5.73 Å². The molecule has 0 saturated heterocycles. The number of nitrogens with zero attached hydrogens (tertiary/aromatic N) is 1. The molecule has 0 atom stereocenters. The Morgan fingerprint density at radius 3 is 2.39 bits per heavy atom. The number of rotatable bonds is 7. The second kappa shape index (κ2) is 7.01. The zero-order valence-corrected chi connectivity index (χ0v) is 12.4. The highest BCUT2D eigenvalue weighted by Gasteiger charge is 2.18. The smallest absolute Gasteiger partial charge is 0.214 e. The van der Waals surface area contributed by atoms with Gasteiger partial charge in [-0.1, -0.05) is 26.0 Å². The third-order valence-electron chi connectivity index (χ3n) is 2.62. The van der Waals surface area contributed by atoms with E-state index in [1.165, 1.54) is 16.1 Å². The minimum atomic E-state index is -3.13. The number of sulfonamides is 1. The summed E-state index contributed by atoms with van der Waals surface area (Å²) in [5.74, 6) is 0.667. The van der Waals surface area contributed by atoms with Gasteiger partial charge >= 0.3 is 0 Å². The first-order valence-electron chi connectivity index (χ1n) is 5.96. The molecule has 4 nitrogen and oxygen atoms in total. The standard InChI is InChI=1S/C12H20N2O2S2/c1-3-14(4-2)18(15,16)10-9-17-12-8-6-5-7-11(12)13/h5-8H,3-4,9-10,13H2,1-2H3. The van der Waals surface area contributed by atoms with Gasteiger partial charge in [-0.3, -0.25) is 0 Å². The fourth-order valence-electron chi connectivity index (χ4n) is 1.62. The van der Waals surface area contributed by atoms with Crippen LogP contribution in [0.25, 0.3) is 0 Å². The fourth-order valence-corrected chi connectivity index (χ4v) is 4.47. The monoisotopic (exact) mass is 288 g/mol. The van der Waals surface area contributed by atoms with Crippen molar-refractivity contribution in [3.8, 4) is 0 Å². The highest BCUT2D eigenvalue weighted by atomic mass is 32.2. The van der Waals surface area contributed by atoms with Crippen LogP contribution in [0.5, 0.6) is 0 Å². The predicted molar refractivity (Wildman–Crippen MR) is 78.3 cm³/mol. The minimum Gasteiger partial charge on any atom is -0.398 e. The quantitative estimate of drug-likeness (QED) is 0.616. The van der Waals surface area contributed by atoms with E-state index >= 15 is 0 Å². The molecule has 0 heterocycles. The summed E-state index contributed by atoms with van der Waals surface area (Å²) < 4.78 is 25.4. The maximum atomic E-state index is 11.9. The Morgan fingerprint density at radius 2 is 1.83 bits per heavy atom. The first-order valence-corrected chi connectivity index (χ1v) is 8.55. The zero-order valence-electron chi connectivity index (χ0n) is 10.8. The van der Waals surface area contributed by atoms with Crippen molar-refractivity contribution in [3.63, 3.8) is 0 Å². The van der Waals surface area contributed by atoms with Gasteiger partial charge in [0.25, 0.3) is 0 Å². The average molecular weight is 288 g/mol. The van der Waals surface area contributed by atoms with Crippen LogP contribution in [0.4, 0.5) is 5.69 Å². The van der Waals surface area contributed by atoms with Gasteiger partial charge in [0.05, 0.1) is 5.75 Å². The summed E-state index contributed by atoms with van der Waals surface area (Å²) >= 11 is 1.48. The Kier molecular flexibility index (Phi) is 5.98. The van der Waals surface area contributed by atoms with Gasteiger partial charge in [0.2, 0.25) is 10.0 Å². The van der Waals surface area contributed by atoms with Crippen molar-refractivity contribution >= 4 is 27.5 Å². The predicted octanol–water partition coefficient (Wildman–Crippen LogP) is 2.03. The van der Waals surface area contributed by atoms with Crippen LogP contribution in [-0.4, -0.2) is 37.3 Å². The molecule has 0 aliphatic heterocycles. The third kappa shape index (κ3) is 4.19. The molecule has 6 heteroatoms. The van der Waals surface area contributed by atoms with Crippen LogP contribution < -0.4 is 5.73 Å². The maximum absolute atomic E-state index is 11.9. The van der Waals surface area contributed by atoms with Crippen molar-refractivity contribution in [2.45, 2.75) is 18.7 Å². The Bertz CT molecular complexity index is 471. The molecule has 0 bridgehead atoms. The van der Waals surface area contributed by atoms with Gasteiger partial charge in [-0.2, -0.15) is 0 Å². The van der Waals surface area contributed by atoms with Crippen molar-refractivity contribution in [1.82, 2.24) is 4.31 Å². The first-order chi connectivity index (χ1) is 8.51. The molecule has 0 fully saturated rings. The largest absolute Gasteiger partial charge is 0.398 e. The summed E-state index contributed by atoms with van der Waals surface area (Å²) in [5, 5.41) is 0. The van der Waals surface area contributed by atoms with Gasteiger partial charge in [-0.25, -0.2) is 12.7 Å². The molecule has 0 saturated carbocycles. The second-order valence-electron chi connectivity index (χ2n) is 3.79. The summed E-state index contributed by atoms with van der Waals surface area (Å²) in [7, 11) is -3.13. The van der Waals surface area contributed by atoms with E-state index in [1.54, 1.807) is 0 Å². The van der Waals surface area contributed by atoms with E-state index in [0.29, 0.717) is 24.5 Å². The number of thioether (sulfide) groups is 1. The number of hydrogen-bond donors (Lipinski definition) is 1. The Morgan fingerprint density at radius 1 is 1.22 bits per heavy atom. The molecule has 0 amide bonds. The zero-order chi connectivity index (χ0) is 13.6. The number of hydrogen-bond acceptors (Lipinski definition) is 4. The molecule has 102 valence electrons. The molecule has 1 aromatic rings. The molecule has 0 spiro atoms. The Labute approximate surface area is 114 Å². The molecule has 2 N–H and O–H groups in total. The molecule has 18 heavy (non-hydrogen) atoms. The summed E-state index contributed by atoms with van der Waals surface area (Å²) in [4.78, 5) is 0.937. The van der Waals surface area contributed by atoms with E-state index in [-0.39, 0.29) is 5.75 Å². The number of anilines is 1. The molecule has 1 rings (SSSR count). The maximum Gasteiger partial charge on any atom is 0.214 e. The first kappa shape index (κ1) is 15.3. The highest BCUT2D eigenvalue weighted by molar-refractivity contribution is 8.00. The topological polar surface area (TPSA) is 63.4 Å². The van der Waals surface area contributed by atoms with Crippen LogP contribution in [0, 0.1) is 0 Å². The molecule has 0 unspecified atom stereocenters. The molecule has 0 aromatic heterocycles. The summed E-state index contributed by atoms with van der Waals surface area (Å²) in [6.45, 7) is 4.75. The number of nitrogens with two attached hydrogens (primary N) is 1. The molecular formula is C12H20N2O2S2. The highest BCUT2D eigenvalue weighted by Crippen LogP contribution is 2.24. The number of benzene rings is 1. The lowest BCUT2D eigenvalue weighted by Crippen LogP contribution is -2.33. The van der Waals surface area contributed by atoms with E-state index in [9.17, 15) is 8.42 Å². The van der Waals surface area contributed by atoms with Crippen LogP contribution in [0.15, 0.2) is 29.2 Å². The lowest BCUT2D eigenvalue weighted by atomic mass is 10.3. The number of nitrogen functional groups attached to an aromatic ring is 1. The van der Waals surface area contributed by atoms with Crippen molar-refractivity contribution in [3.05, 3.63) is 24.3 Å². The van der Waals surface area contributed by atoms with Crippen molar-refractivity contribution < 1.29 is 8.42 Å². The molecule has 0 radical (unpaired) electrons. The Hall–Kier alpha value is -0.720. The summed E-state index contributed by atoms with van der Waals surface area (Å²) in [5.41, 5.74) is 6.50. The number of para-hydroxylation sites is 1. The molecule has 0 aliphatic carbocycles. The molecule has 1 aromatic carbocycles. The van der Waals surface area contributed by atoms with Gasteiger partial charge in [-0.15, -0.1) is 11.8 Å². The van der Waals surface area contributed by atoms with Crippen molar-refractivity contribution in [2.75, 3.05) is 30.3 Å². The van der Waals surface area contributed by atoms with Crippen molar-refractivity contribution in [1.29, 1.82) is 0 Å². The summed E-state index contributed by atoms with van der Waals surface area (Å²) in [6, 6.07) is 7.49. The minimum absolute atomic E-state index is 0.147. The van der Waals surface area contributed by atoms with Crippen LogP contribution in [0.1, 0.15) is 13.8 Å². The SMILES string of the molecule is CCN(CC)S(=O)(=O)CCSc1ccccc1N. The Balaban J connectivity index is 2.54. The van der Waals surface area contributed by atoms with Crippen LogP contribution >= 0.6 is 11.8 Å². The van der Waals surface area contributed by atoms with E-state index in [4.69, 9.17) is 5.73 Å². The van der Waals surface area contributed by atoms with Gasteiger partial charge in [0, 0.05) is 29.4 Å². The molecular weight excluding hydrogens is 268 g/mol. The van der Waals surface area contributed by atoms with Gasteiger partial charge in [-0.05, 0) is 12.1 Å².